The van der Waals surface area contributed by atoms with Gasteiger partial charge in [-0.2, -0.15) is 0 Å². The molecule has 1 aliphatic rings. The maximum atomic E-state index is 5.69. The Morgan fingerprint density at radius 3 is 2.28 bits per heavy atom. The van der Waals surface area contributed by atoms with Crippen LogP contribution in [0.3, 0.4) is 0 Å². The van der Waals surface area contributed by atoms with Crippen LogP contribution in [0.15, 0.2) is 54.6 Å². The molecule has 0 unspecified atom stereocenters. The lowest BCUT2D eigenvalue weighted by Crippen LogP contribution is -2.44. The summed E-state index contributed by atoms with van der Waals surface area (Å²) in [7, 11) is 0. The van der Waals surface area contributed by atoms with Gasteiger partial charge >= 0.3 is 0 Å². The predicted molar refractivity (Wildman–Crippen MR) is 75.3 cm³/mol. The second-order valence-corrected chi connectivity index (χ2v) is 5.04. The molecule has 0 aromatic heterocycles. The van der Waals surface area contributed by atoms with Gasteiger partial charge in [-0.25, -0.2) is 0 Å². The number of rotatable bonds is 3. The summed E-state index contributed by atoms with van der Waals surface area (Å²) in [5, 5.41) is 0. The molecule has 0 spiro atoms. The van der Waals surface area contributed by atoms with Gasteiger partial charge in [0.1, 0.15) is 0 Å². The molecule has 92 valence electrons. The standard InChI is InChI=1S/C16H18N2/c17-16-8-6-13(7-9-16)10-18-11-15(12-18)14-4-2-1-3-5-14/h1-9,15H,10-12,17H2. The van der Waals surface area contributed by atoms with E-state index in [2.05, 4.69) is 47.4 Å². The summed E-state index contributed by atoms with van der Waals surface area (Å²) < 4.78 is 0. The van der Waals surface area contributed by atoms with Gasteiger partial charge in [0.25, 0.3) is 0 Å². The zero-order valence-corrected chi connectivity index (χ0v) is 10.4. The van der Waals surface area contributed by atoms with Crippen LogP contribution in [0.2, 0.25) is 0 Å². The number of nitrogens with zero attached hydrogens (tertiary/aromatic N) is 1. The Kier molecular flexibility index (Phi) is 3.03. The van der Waals surface area contributed by atoms with E-state index >= 15 is 0 Å². The summed E-state index contributed by atoms with van der Waals surface area (Å²) in [6.45, 7) is 3.35. The number of likely N-dealkylation sites (tertiary alicyclic amines) is 1. The van der Waals surface area contributed by atoms with Crippen LogP contribution in [-0.2, 0) is 6.54 Å². The Morgan fingerprint density at radius 1 is 0.944 bits per heavy atom. The molecule has 2 heteroatoms. The van der Waals surface area contributed by atoms with Gasteiger partial charge in [-0.3, -0.25) is 4.90 Å². The second-order valence-electron chi connectivity index (χ2n) is 5.04. The predicted octanol–water partition coefficient (Wildman–Crippen LogP) is 2.87. The highest BCUT2D eigenvalue weighted by Gasteiger charge is 2.27. The largest absolute Gasteiger partial charge is 0.399 e. The fraction of sp³-hybridized carbons (Fsp3) is 0.250. The number of hydrogen-bond acceptors (Lipinski definition) is 2. The van der Waals surface area contributed by atoms with Crippen LogP contribution in [0.1, 0.15) is 17.0 Å². The van der Waals surface area contributed by atoms with Crippen LogP contribution in [0, 0.1) is 0 Å². The van der Waals surface area contributed by atoms with Crippen molar-refractivity contribution in [2.45, 2.75) is 12.5 Å². The van der Waals surface area contributed by atoms with Crippen molar-refractivity contribution in [1.82, 2.24) is 4.90 Å². The van der Waals surface area contributed by atoms with E-state index in [1.165, 1.54) is 11.1 Å². The molecule has 0 radical (unpaired) electrons. The number of benzene rings is 2. The van der Waals surface area contributed by atoms with Crippen LogP contribution in [0.5, 0.6) is 0 Å². The molecule has 0 aliphatic carbocycles. The van der Waals surface area contributed by atoms with Crippen LogP contribution in [0.4, 0.5) is 5.69 Å². The maximum absolute atomic E-state index is 5.69. The summed E-state index contributed by atoms with van der Waals surface area (Å²) in [5.41, 5.74) is 9.33. The lowest BCUT2D eigenvalue weighted by Gasteiger charge is -2.39. The maximum Gasteiger partial charge on any atom is 0.0314 e. The smallest absolute Gasteiger partial charge is 0.0314 e. The Bertz CT molecular complexity index is 498. The highest BCUT2D eigenvalue weighted by atomic mass is 15.2. The lowest BCUT2D eigenvalue weighted by atomic mass is 9.91. The average Bonchev–Trinajstić information content (AvgIpc) is 2.36. The van der Waals surface area contributed by atoms with Gasteiger partial charge in [0.15, 0.2) is 0 Å². The molecule has 1 fully saturated rings. The molecule has 2 aromatic carbocycles. The fourth-order valence-electron chi connectivity index (χ4n) is 2.52. The summed E-state index contributed by atoms with van der Waals surface area (Å²) in [4.78, 5) is 2.48. The van der Waals surface area contributed by atoms with Crippen molar-refractivity contribution < 1.29 is 0 Å². The molecule has 2 N–H and O–H groups in total. The van der Waals surface area contributed by atoms with Gasteiger partial charge < -0.3 is 5.73 Å². The molecule has 3 rings (SSSR count). The normalized spacial score (nSPS) is 16.4. The van der Waals surface area contributed by atoms with Crippen molar-refractivity contribution in [1.29, 1.82) is 0 Å². The average molecular weight is 238 g/mol. The zero-order chi connectivity index (χ0) is 12.4. The minimum Gasteiger partial charge on any atom is -0.399 e. The van der Waals surface area contributed by atoms with Crippen molar-refractivity contribution in [2.75, 3.05) is 18.8 Å². The molecule has 0 atom stereocenters. The lowest BCUT2D eigenvalue weighted by molar-refractivity contribution is 0.139. The minimum atomic E-state index is 0.708. The van der Waals surface area contributed by atoms with Crippen LogP contribution in [-0.4, -0.2) is 18.0 Å². The van der Waals surface area contributed by atoms with E-state index in [1.807, 2.05) is 12.1 Å². The Labute approximate surface area is 108 Å². The SMILES string of the molecule is Nc1ccc(CN2CC(c3ccccc3)C2)cc1. The molecule has 18 heavy (non-hydrogen) atoms. The van der Waals surface area contributed by atoms with E-state index in [9.17, 15) is 0 Å². The van der Waals surface area contributed by atoms with Gasteiger partial charge in [0.05, 0.1) is 0 Å². The molecule has 0 saturated carbocycles. The molecule has 1 aliphatic heterocycles. The van der Waals surface area contributed by atoms with Crippen molar-refractivity contribution >= 4 is 5.69 Å². The molecule has 0 amide bonds. The summed E-state index contributed by atoms with van der Waals surface area (Å²) >= 11 is 0. The third kappa shape index (κ3) is 2.39. The van der Waals surface area contributed by atoms with Crippen molar-refractivity contribution in [3.63, 3.8) is 0 Å². The Hall–Kier alpha value is -1.80. The molecule has 2 aromatic rings. The Morgan fingerprint density at radius 2 is 1.61 bits per heavy atom. The Balaban J connectivity index is 1.55. The molecule has 2 nitrogen and oxygen atoms in total. The van der Waals surface area contributed by atoms with Crippen LogP contribution < -0.4 is 5.73 Å². The number of hydrogen-bond donors (Lipinski definition) is 1. The third-order valence-corrected chi connectivity index (χ3v) is 3.61. The first-order valence-corrected chi connectivity index (χ1v) is 6.43. The summed E-state index contributed by atoms with van der Waals surface area (Å²) in [6.07, 6.45) is 0. The van der Waals surface area contributed by atoms with Crippen molar-refractivity contribution in [3.8, 4) is 0 Å². The highest BCUT2D eigenvalue weighted by molar-refractivity contribution is 5.39. The van der Waals surface area contributed by atoms with Gasteiger partial charge in [-0.05, 0) is 23.3 Å². The molecular formula is C16H18N2. The van der Waals surface area contributed by atoms with Crippen LogP contribution >= 0.6 is 0 Å². The minimum absolute atomic E-state index is 0.708. The van der Waals surface area contributed by atoms with Crippen molar-refractivity contribution in [2.24, 2.45) is 0 Å². The van der Waals surface area contributed by atoms with Crippen LogP contribution in [0.25, 0.3) is 0 Å². The van der Waals surface area contributed by atoms with E-state index in [0.29, 0.717) is 5.92 Å². The number of anilines is 1. The highest BCUT2D eigenvalue weighted by Crippen LogP contribution is 2.28. The third-order valence-electron chi connectivity index (χ3n) is 3.61. The van der Waals surface area contributed by atoms with E-state index in [1.54, 1.807) is 0 Å². The van der Waals surface area contributed by atoms with E-state index < -0.39 is 0 Å². The summed E-state index contributed by atoms with van der Waals surface area (Å²) in [6, 6.07) is 19.0. The first kappa shape index (κ1) is 11.3. The van der Waals surface area contributed by atoms with E-state index in [-0.39, 0.29) is 0 Å². The number of nitrogens with two attached hydrogens (primary N) is 1. The van der Waals surface area contributed by atoms with Gasteiger partial charge in [-0.1, -0.05) is 42.5 Å². The second kappa shape index (κ2) is 4.83. The summed E-state index contributed by atoms with van der Waals surface area (Å²) in [5.74, 6) is 0.708. The van der Waals surface area contributed by atoms with E-state index in [0.717, 1.165) is 25.3 Å². The first-order chi connectivity index (χ1) is 8.81. The quantitative estimate of drug-likeness (QED) is 0.833. The first-order valence-electron chi connectivity index (χ1n) is 6.43. The van der Waals surface area contributed by atoms with Crippen molar-refractivity contribution in [3.05, 3.63) is 65.7 Å². The molecule has 1 heterocycles. The van der Waals surface area contributed by atoms with E-state index in [4.69, 9.17) is 5.73 Å². The van der Waals surface area contributed by atoms with Gasteiger partial charge in [-0.15, -0.1) is 0 Å². The number of nitrogen functional groups attached to an aromatic ring is 1. The zero-order valence-electron chi connectivity index (χ0n) is 10.4. The molecule has 0 bridgehead atoms. The fourth-order valence-corrected chi connectivity index (χ4v) is 2.52. The molecule has 1 saturated heterocycles. The monoisotopic (exact) mass is 238 g/mol. The topological polar surface area (TPSA) is 29.3 Å². The van der Waals surface area contributed by atoms with Gasteiger partial charge in [0, 0.05) is 31.2 Å². The molecular weight excluding hydrogens is 220 g/mol. The van der Waals surface area contributed by atoms with Gasteiger partial charge in [0.2, 0.25) is 0 Å².